The van der Waals surface area contributed by atoms with Gasteiger partial charge in [-0.25, -0.2) is 4.98 Å². The molecule has 0 saturated heterocycles. The molecule has 0 aliphatic carbocycles. The Bertz CT molecular complexity index is 529. The molecule has 1 aromatic heterocycles. The molecule has 0 atom stereocenters. The second kappa shape index (κ2) is 4.82. The Hall–Kier alpha value is -2.10. The Labute approximate surface area is 99.3 Å². The predicted octanol–water partition coefficient (Wildman–Crippen LogP) is 3.28. The fraction of sp³-hybridized carbons (Fsp3) is 0.154. The molecule has 2 aromatic rings. The van der Waals surface area contributed by atoms with Gasteiger partial charge in [0.1, 0.15) is 5.75 Å². The number of ether oxygens (including phenoxy) is 1. The van der Waals surface area contributed by atoms with Gasteiger partial charge in [-0.1, -0.05) is 0 Å². The first kappa shape index (κ1) is 11.4. The number of pyridine rings is 1. The number of hydrogen-bond acceptors (Lipinski definition) is 3. The topological polar surface area (TPSA) is 34.1 Å². The molecule has 0 fully saturated rings. The molecule has 0 bridgehead atoms. The first-order valence-corrected chi connectivity index (χ1v) is 5.22. The van der Waals surface area contributed by atoms with Gasteiger partial charge in [0.2, 0.25) is 5.95 Å². The Balaban J connectivity index is 2.24. The highest BCUT2D eigenvalue weighted by Gasteiger charge is 2.02. The third-order valence-electron chi connectivity index (χ3n) is 2.44. The molecular weight excluding hydrogens is 219 g/mol. The normalized spacial score (nSPS) is 10.1. The standard InChI is InChI=1S/C13H13FN2O/c1-9-7-11(17-2)3-4-12(9)16-10-5-6-15-13(14)8-10/h3-8H,1-2H3,(H,15,16). The number of benzene rings is 1. The summed E-state index contributed by atoms with van der Waals surface area (Å²) < 4.78 is 18.0. The van der Waals surface area contributed by atoms with Crippen molar-refractivity contribution in [2.24, 2.45) is 0 Å². The van der Waals surface area contributed by atoms with E-state index in [9.17, 15) is 4.39 Å². The van der Waals surface area contributed by atoms with Crippen molar-refractivity contribution in [3.05, 3.63) is 48.0 Å². The average molecular weight is 232 g/mol. The lowest BCUT2D eigenvalue weighted by molar-refractivity contribution is 0.414. The number of halogens is 1. The van der Waals surface area contributed by atoms with E-state index in [0.717, 1.165) is 17.0 Å². The van der Waals surface area contributed by atoms with Gasteiger partial charge >= 0.3 is 0 Å². The summed E-state index contributed by atoms with van der Waals surface area (Å²) in [7, 11) is 1.63. The van der Waals surface area contributed by atoms with Crippen molar-refractivity contribution in [3.8, 4) is 5.75 Å². The van der Waals surface area contributed by atoms with Gasteiger partial charge in [0.05, 0.1) is 7.11 Å². The number of nitrogens with zero attached hydrogens (tertiary/aromatic N) is 1. The van der Waals surface area contributed by atoms with Crippen LogP contribution >= 0.6 is 0 Å². The molecule has 2 rings (SSSR count). The van der Waals surface area contributed by atoms with E-state index in [1.54, 1.807) is 13.2 Å². The molecule has 4 heteroatoms. The van der Waals surface area contributed by atoms with Crippen LogP contribution in [0, 0.1) is 12.9 Å². The van der Waals surface area contributed by atoms with E-state index in [1.807, 2.05) is 25.1 Å². The largest absolute Gasteiger partial charge is 0.497 e. The van der Waals surface area contributed by atoms with Crippen LogP contribution in [-0.4, -0.2) is 12.1 Å². The van der Waals surface area contributed by atoms with Gasteiger partial charge in [-0.3, -0.25) is 0 Å². The number of methoxy groups -OCH3 is 1. The summed E-state index contributed by atoms with van der Waals surface area (Å²) in [5.74, 6) is 0.301. The van der Waals surface area contributed by atoms with Gasteiger partial charge in [-0.15, -0.1) is 0 Å². The van der Waals surface area contributed by atoms with E-state index >= 15 is 0 Å². The highest BCUT2D eigenvalue weighted by atomic mass is 19.1. The van der Waals surface area contributed by atoms with Crippen molar-refractivity contribution in [1.82, 2.24) is 4.98 Å². The molecule has 0 aliphatic heterocycles. The molecule has 0 amide bonds. The molecule has 0 spiro atoms. The average Bonchev–Trinajstić information content (AvgIpc) is 2.32. The fourth-order valence-electron chi connectivity index (χ4n) is 1.54. The number of aromatic nitrogens is 1. The van der Waals surface area contributed by atoms with Crippen LogP contribution in [0.3, 0.4) is 0 Å². The number of nitrogens with one attached hydrogen (secondary N) is 1. The molecule has 1 heterocycles. The van der Waals surface area contributed by atoms with Crippen molar-refractivity contribution in [2.45, 2.75) is 6.92 Å². The lowest BCUT2D eigenvalue weighted by Gasteiger charge is -2.10. The molecule has 3 nitrogen and oxygen atoms in total. The highest BCUT2D eigenvalue weighted by molar-refractivity contribution is 5.63. The van der Waals surface area contributed by atoms with Gasteiger partial charge < -0.3 is 10.1 Å². The minimum Gasteiger partial charge on any atom is -0.497 e. The Morgan fingerprint density at radius 2 is 2.06 bits per heavy atom. The Morgan fingerprint density at radius 1 is 1.24 bits per heavy atom. The van der Waals surface area contributed by atoms with Crippen LogP contribution in [0.15, 0.2) is 36.5 Å². The maximum Gasteiger partial charge on any atom is 0.214 e. The number of aryl methyl sites for hydroxylation is 1. The third-order valence-corrected chi connectivity index (χ3v) is 2.44. The monoisotopic (exact) mass is 232 g/mol. The van der Waals surface area contributed by atoms with E-state index in [4.69, 9.17) is 4.74 Å². The van der Waals surface area contributed by atoms with Crippen LogP contribution in [0.1, 0.15) is 5.56 Å². The van der Waals surface area contributed by atoms with Crippen LogP contribution in [0.5, 0.6) is 5.75 Å². The Morgan fingerprint density at radius 3 is 2.71 bits per heavy atom. The summed E-state index contributed by atoms with van der Waals surface area (Å²) in [6.45, 7) is 1.96. The predicted molar refractivity (Wildman–Crippen MR) is 65.2 cm³/mol. The molecular formula is C13H13FN2O. The summed E-state index contributed by atoms with van der Waals surface area (Å²) in [5.41, 5.74) is 2.61. The van der Waals surface area contributed by atoms with Crippen LogP contribution in [0.4, 0.5) is 15.8 Å². The van der Waals surface area contributed by atoms with Crippen LogP contribution in [0.2, 0.25) is 0 Å². The minimum absolute atomic E-state index is 0.499. The van der Waals surface area contributed by atoms with Gasteiger partial charge in [0.25, 0.3) is 0 Å². The molecule has 0 radical (unpaired) electrons. The lowest BCUT2D eigenvalue weighted by Crippen LogP contribution is -1.95. The fourth-order valence-corrected chi connectivity index (χ4v) is 1.54. The minimum atomic E-state index is -0.499. The summed E-state index contributed by atoms with van der Waals surface area (Å²) in [4.78, 5) is 3.50. The van der Waals surface area contributed by atoms with Crippen molar-refractivity contribution in [2.75, 3.05) is 12.4 Å². The maximum atomic E-state index is 12.9. The quantitative estimate of drug-likeness (QED) is 0.824. The van der Waals surface area contributed by atoms with Crippen molar-refractivity contribution < 1.29 is 9.13 Å². The zero-order valence-electron chi connectivity index (χ0n) is 9.70. The molecule has 0 aliphatic rings. The molecule has 0 unspecified atom stereocenters. The Kier molecular flexibility index (Phi) is 3.23. The second-order valence-electron chi connectivity index (χ2n) is 3.67. The number of rotatable bonds is 3. The molecule has 1 aromatic carbocycles. The molecule has 1 N–H and O–H groups in total. The number of hydrogen-bond donors (Lipinski definition) is 1. The van der Waals surface area contributed by atoms with Crippen molar-refractivity contribution in [3.63, 3.8) is 0 Å². The lowest BCUT2D eigenvalue weighted by atomic mass is 10.2. The van der Waals surface area contributed by atoms with Crippen LogP contribution < -0.4 is 10.1 Å². The van der Waals surface area contributed by atoms with Crippen LogP contribution in [0.25, 0.3) is 0 Å². The SMILES string of the molecule is COc1ccc(Nc2ccnc(F)c2)c(C)c1. The van der Waals surface area contributed by atoms with E-state index in [2.05, 4.69) is 10.3 Å². The van der Waals surface area contributed by atoms with Gasteiger partial charge in [0, 0.05) is 23.6 Å². The molecule has 88 valence electrons. The zero-order chi connectivity index (χ0) is 12.3. The summed E-state index contributed by atoms with van der Waals surface area (Å²) >= 11 is 0. The molecule has 0 saturated carbocycles. The van der Waals surface area contributed by atoms with Gasteiger partial charge in [-0.05, 0) is 36.8 Å². The zero-order valence-corrected chi connectivity index (χ0v) is 9.70. The van der Waals surface area contributed by atoms with E-state index in [0.29, 0.717) is 5.69 Å². The van der Waals surface area contributed by atoms with E-state index in [1.165, 1.54) is 12.3 Å². The highest BCUT2D eigenvalue weighted by Crippen LogP contribution is 2.24. The van der Waals surface area contributed by atoms with Crippen LogP contribution in [-0.2, 0) is 0 Å². The number of anilines is 2. The summed E-state index contributed by atoms with van der Waals surface area (Å²) in [5, 5.41) is 3.13. The smallest absolute Gasteiger partial charge is 0.214 e. The summed E-state index contributed by atoms with van der Waals surface area (Å²) in [6.07, 6.45) is 1.43. The molecule has 17 heavy (non-hydrogen) atoms. The maximum absolute atomic E-state index is 12.9. The van der Waals surface area contributed by atoms with E-state index in [-0.39, 0.29) is 0 Å². The summed E-state index contributed by atoms with van der Waals surface area (Å²) in [6, 6.07) is 8.73. The van der Waals surface area contributed by atoms with Crippen molar-refractivity contribution in [1.29, 1.82) is 0 Å². The van der Waals surface area contributed by atoms with Gasteiger partial charge in [0.15, 0.2) is 0 Å². The first-order valence-electron chi connectivity index (χ1n) is 5.22. The first-order chi connectivity index (χ1) is 8.19. The van der Waals surface area contributed by atoms with E-state index < -0.39 is 5.95 Å². The van der Waals surface area contributed by atoms with Gasteiger partial charge in [-0.2, -0.15) is 4.39 Å². The third kappa shape index (κ3) is 2.72. The second-order valence-corrected chi connectivity index (χ2v) is 3.67. The van der Waals surface area contributed by atoms with Crippen molar-refractivity contribution >= 4 is 11.4 Å².